The summed E-state index contributed by atoms with van der Waals surface area (Å²) < 4.78 is 5.89. The highest BCUT2D eigenvalue weighted by Crippen LogP contribution is 2.46. The monoisotopic (exact) mass is 489 g/mol. The van der Waals surface area contributed by atoms with Gasteiger partial charge in [0.1, 0.15) is 5.52 Å². The van der Waals surface area contributed by atoms with Crippen LogP contribution < -0.4 is 10.2 Å². The van der Waals surface area contributed by atoms with Gasteiger partial charge >= 0.3 is 0 Å². The van der Waals surface area contributed by atoms with Crippen molar-refractivity contribution in [2.75, 3.05) is 17.3 Å². The Morgan fingerprint density at radius 2 is 1.68 bits per heavy atom. The molecule has 5 aromatic rings. The molecule has 0 amide bonds. The molecule has 0 aliphatic heterocycles. The second kappa shape index (κ2) is 8.91. The SMILES string of the molecule is Cc1cccc(Nc2cc(N(C)[C@H](C)[C@H](O)c3ccccc3)c3noc4c3c2C(=O)c2ccccc2-4)c1. The van der Waals surface area contributed by atoms with Crippen LogP contribution in [0.4, 0.5) is 17.1 Å². The van der Waals surface area contributed by atoms with E-state index in [0.717, 1.165) is 28.1 Å². The van der Waals surface area contributed by atoms with Gasteiger partial charge in [-0.15, -0.1) is 0 Å². The minimum Gasteiger partial charge on any atom is -0.386 e. The van der Waals surface area contributed by atoms with E-state index in [0.29, 0.717) is 33.5 Å². The number of nitrogens with zero attached hydrogens (tertiary/aromatic N) is 2. The zero-order valence-electron chi connectivity index (χ0n) is 20.9. The van der Waals surface area contributed by atoms with Crippen molar-refractivity contribution in [3.05, 3.63) is 107 Å². The van der Waals surface area contributed by atoms with Crippen molar-refractivity contribution >= 4 is 33.7 Å². The number of aliphatic hydroxyl groups excluding tert-OH is 1. The van der Waals surface area contributed by atoms with Crippen molar-refractivity contribution in [1.82, 2.24) is 5.16 Å². The van der Waals surface area contributed by atoms with Crippen LogP contribution in [0.1, 0.15) is 40.1 Å². The number of aryl methyl sites for hydroxylation is 1. The van der Waals surface area contributed by atoms with Crippen LogP contribution >= 0.6 is 0 Å². The second-order valence-corrected chi connectivity index (χ2v) is 9.63. The van der Waals surface area contributed by atoms with E-state index in [1.54, 1.807) is 0 Å². The third-order valence-electron chi connectivity index (χ3n) is 7.26. The number of carbonyl (C=O) groups is 1. The molecule has 37 heavy (non-hydrogen) atoms. The molecule has 0 bridgehead atoms. The summed E-state index contributed by atoms with van der Waals surface area (Å²) in [4.78, 5) is 15.8. The van der Waals surface area contributed by atoms with E-state index >= 15 is 0 Å². The van der Waals surface area contributed by atoms with E-state index < -0.39 is 6.10 Å². The lowest BCUT2D eigenvalue weighted by molar-refractivity contribution is 0.104. The molecule has 2 N–H and O–H groups in total. The van der Waals surface area contributed by atoms with Gasteiger partial charge in [0.15, 0.2) is 11.5 Å². The summed E-state index contributed by atoms with van der Waals surface area (Å²) in [5, 5.41) is 19.8. The maximum absolute atomic E-state index is 13.8. The number of hydrogen-bond acceptors (Lipinski definition) is 6. The van der Waals surface area contributed by atoms with Gasteiger partial charge < -0.3 is 19.8 Å². The fourth-order valence-electron chi connectivity index (χ4n) is 5.15. The molecule has 1 aliphatic rings. The Labute approximate surface area is 215 Å². The fraction of sp³-hybridized carbons (Fsp3) is 0.161. The number of rotatable bonds is 6. The topological polar surface area (TPSA) is 78.6 Å². The molecule has 1 heterocycles. The molecule has 6 rings (SSSR count). The van der Waals surface area contributed by atoms with Crippen molar-refractivity contribution in [2.45, 2.75) is 26.0 Å². The molecule has 2 atom stereocenters. The fourth-order valence-corrected chi connectivity index (χ4v) is 5.15. The Kier molecular flexibility index (Phi) is 5.54. The van der Waals surface area contributed by atoms with Gasteiger partial charge in [0.05, 0.1) is 34.5 Å². The maximum atomic E-state index is 13.8. The summed E-state index contributed by atoms with van der Waals surface area (Å²) in [6.45, 7) is 4.00. The predicted octanol–water partition coefficient (Wildman–Crippen LogP) is 6.65. The molecular formula is C31H27N3O3. The standard InChI is InChI=1S/C31H27N3O3/c1-18-10-9-13-21(16-18)32-24-17-25(34(3)19(2)29(35)20-11-5-4-6-12-20)28-27-26(24)30(36)22-14-7-8-15-23(22)31(27)37-33-28/h4-17,19,29,32,35H,1-3H3/t19-,29+/m1/s1. The van der Waals surface area contributed by atoms with Crippen LogP contribution in [0.25, 0.3) is 22.2 Å². The Bertz CT molecular complexity index is 1640. The lowest BCUT2D eigenvalue weighted by atomic mass is 9.86. The van der Waals surface area contributed by atoms with Gasteiger partial charge in [-0.3, -0.25) is 4.79 Å². The van der Waals surface area contributed by atoms with E-state index in [2.05, 4.69) is 10.5 Å². The molecule has 0 spiro atoms. The van der Waals surface area contributed by atoms with Crippen LogP contribution in [-0.2, 0) is 0 Å². The molecule has 0 radical (unpaired) electrons. The van der Waals surface area contributed by atoms with Crippen LogP contribution in [0.3, 0.4) is 0 Å². The molecule has 0 saturated carbocycles. The summed E-state index contributed by atoms with van der Waals surface area (Å²) >= 11 is 0. The van der Waals surface area contributed by atoms with Gasteiger partial charge in [-0.1, -0.05) is 71.9 Å². The highest BCUT2D eigenvalue weighted by atomic mass is 16.5. The van der Waals surface area contributed by atoms with Crippen molar-refractivity contribution in [3.8, 4) is 11.3 Å². The van der Waals surface area contributed by atoms with E-state index in [1.807, 2.05) is 111 Å². The number of hydrogen-bond donors (Lipinski definition) is 2. The number of aromatic nitrogens is 1. The number of ketones is 1. The number of carbonyl (C=O) groups excluding carboxylic acids is 1. The molecule has 6 heteroatoms. The largest absolute Gasteiger partial charge is 0.386 e. The van der Waals surface area contributed by atoms with Gasteiger partial charge in [0.25, 0.3) is 0 Å². The lowest BCUT2D eigenvalue weighted by Gasteiger charge is -2.32. The van der Waals surface area contributed by atoms with Gasteiger partial charge in [-0.05, 0) is 43.2 Å². The molecule has 1 aromatic heterocycles. The normalized spacial score (nSPS) is 13.8. The van der Waals surface area contributed by atoms with Crippen LogP contribution in [0.15, 0.2) is 89.5 Å². The molecule has 1 aliphatic carbocycles. The summed E-state index contributed by atoms with van der Waals surface area (Å²) in [7, 11) is 1.93. The van der Waals surface area contributed by atoms with E-state index in [-0.39, 0.29) is 11.8 Å². The minimum absolute atomic E-state index is 0.0713. The van der Waals surface area contributed by atoms with Crippen LogP contribution in [0.5, 0.6) is 0 Å². The summed E-state index contributed by atoms with van der Waals surface area (Å²) in [6.07, 6.45) is -0.726. The third kappa shape index (κ3) is 3.77. The average molecular weight is 490 g/mol. The minimum atomic E-state index is -0.726. The van der Waals surface area contributed by atoms with Crippen molar-refractivity contribution in [1.29, 1.82) is 0 Å². The quantitative estimate of drug-likeness (QED) is 0.273. The van der Waals surface area contributed by atoms with E-state index in [4.69, 9.17) is 4.52 Å². The summed E-state index contributed by atoms with van der Waals surface area (Å²) in [5.41, 5.74) is 6.72. The van der Waals surface area contributed by atoms with Crippen molar-refractivity contribution in [2.24, 2.45) is 0 Å². The van der Waals surface area contributed by atoms with E-state index in [1.165, 1.54) is 0 Å². The Balaban J connectivity index is 1.54. The van der Waals surface area contributed by atoms with Gasteiger partial charge in [-0.2, -0.15) is 0 Å². The molecular weight excluding hydrogens is 462 g/mol. The van der Waals surface area contributed by atoms with Crippen LogP contribution in [0.2, 0.25) is 0 Å². The second-order valence-electron chi connectivity index (χ2n) is 9.63. The first-order chi connectivity index (χ1) is 17.9. The molecule has 0 unspecified atom stereocenters. The number of benzene rings is 4. The molecule has 0 saturated heterocycles. The highest BCUT2D eigenvalue weighted by molar-refractivity contribution is 6.28. The number of anilines is 3. The zero-order valence-corrected chi connectivity index (χ0v) is 20.9. The first kappa shape index (κ1) is 23.0. The predicted molar refractivity (Wildman–Crippen MR) is 147 cm³/mol. The first-order valence-corrected chi connectivity index (χ1v) is 12.3. The summed E-state index contributed by atoms with van der Waals surface area (Å²) in [6, 6.07) is 26.8. The van der Waals surface area contributed by atoms with Crippen LogP contribution in [-0.4, -0.2) is 29.1 Å². The first-order valence-electron chi connectivity index (χ1n) is 12.3. The molecule has 184 valence electrons. The zero-order chi connectivity index (χ0) is 25.7. The molecule has 4 aromatic carbocycles. The smallest absolute Gasteiger partial charge is 0.196 e. The molecule has 6 nitrogen and oxygen atoms in total. The molecule has 0 fully saturated rings. The van der Waals surface area contributed by atoms with Gasteiger partial charge in [0, 0.05) is 23.9 Å². The number of likely N-dealkylation sites (N-methyl/N-ethyl adjacent to an activating group) is 1. The average Bonchev–Trinajstić information content (AvgIpc) is 3.36. The highest BCUT2D eigenvalue weighted by Gasteiger charge is 2.34. The Morgan fingerprint density at radius 1 is 0.946 bits per heavy atom. The van der Waals surface area contributed by atoms with Crippen LogP contribution in [0, 0.1) is 6.92 Å². The third-order valence-corrected chi connectivity index (χ3v) is 7.26. The van der Waals surface area contributed by atoms with Gasteiger partial charge in [-0.25, -0.2) is 0 Å². The number of fused-ring (bicyclic) bond motifs is 2. The number of aliphatic hydroxyl groups is 1. The Hall–Kier alpha value is -4.42. The maximum Gasteiger partial charge on any atom is 0.196 e. The van der Waals surface area contributed by atoms with Crippen molar-refractivity contribution < 1.29 is 14.4 Å². The lowest BCUT2D eigenvalue weighted by Crippen LogP contribution is -2.34. The number of nitrogens with one attached hydrogen (secondary N) is 1. The Morgan fingerprint density at radius 3 is 2.43 bits per heavy atom. The van der Waals surface area contributed by atoms with Gasteiger partial charge in [0.2, 0.25) is 0 Å². The van der Waals surface area contributed by atoms with Crippen molar-refractivity contribution in [3.63, 3.8) is 0 Å². The van der Waals surface area contributed by atoms with E-state index in [9.17, 15) is 9.90 Å². The summed E-state index contributed by atoms with van der Waals surface area (Å²) in [5.74, 6) is 0.511.